The molecule has 0 aromatic heterocycles. The maximum atomic E-state index is 12.3. The fourth-order valence-corrected chi connectivity index (χ4v) is 3.42. The van der Waals surface area contributed by atoms with Crippen molar-refractivity contribution in [2.45, 2.75) is 62.9 Å². The predicted molar refractivity (Wildman–Crippen MR) is 73.1 cm³/mol. The van der Waals surface area contributed by atoms with Crippen LogP contribution in [-0.2, 0) is 4.79 Å². The van der Waals surface area contributed by atoms with Gasteiger partial charge in [0.05, 0.1) is 12.2 Å². The van der Waals surface area contributed by atoms with Crippen molar-refractivity contribution in [3.8, 4) is 0 Å². The van der Waals surface area contributed by atoms with E-state index in [-0.39, 0.29) is 12.2 Å². The molecule has 2 aliphatic rings. The van der Waals surface area contributed by atoms with E-state index in [1.165, 1.54) is 12.8 Å². The molecule has 1 N–H and O–H groups in total. The van der Waals surface area contributed by atoms with Crippen LogP contribution in [0.15, 0.2) is 0 Å². The minimum atomic E-state index is 0.0719. The number of nitrogens with zero attached hydrogens (tertiary/aromatic N) is 1. The maximum absolute atomic E-state index is 12.3. The second kappa shape index (κ2) is 5.19. The summed E-state index contributed by atoms with van der Waals surface area (Å²) in [4.78, 5) is 14.4. The molecule has 2 unspecified atom stereocenters. The normalized spacial score (nSPS) is 31.0. The molecule has 1 heterocycles. The molecule has 98 valence electrons. The van der Waals surface area contributed by atoms with Crippen molar-refractivity contribution >= 4 is 17.7 Å². The van der Waals surface area contributed by atoms with E-state index in [1.54, 1.807) is 0 Å². The molecule has 1 aliphatic heterocycles. The van der Waals surface area contributed by atoms with Crippen LogP contribution in [0.3, 0.4) is 0 Å². The Bertz CT molecular complexity index is 291. The highest BCUT2D eigenvalue weighted by atomic mass is 32.2. The molecule has 3 nitrogen and oxygen atoms in total. The fraction of sp³-hybridized carbons (Fsp3) is 0.923. The zero-order valence-corrected chi connectivity index (χ0v) is 12.0. The zero-order chi connectivity index (χ0) is 12.5. The molecular weight excluding hydrogens is 232 g/mol. The van der Waals surface area contributed by atoms with Crippen LogP contribution in [0.1, 0.15) is 46.0 Å². The lowest BCUT2D eigenvalue weighted by atomic mass is 10.1. The van der Waals surface area contributed by atoms with Gasteiger partial charge in [0.15, 0.2) is 0 Å². The number of hydrogen-bond acceptors (Lipinski definition) is 3. The van der Waals surface area contributed by atoms with Crippen molar-refractivity contribution in [3.63, 3.8) is 0 Å². The number of hydrogen-bond donors (Lipinski definition) is 1. The molecule has 1 saturated heterocycles. The predicted octanol–water partition coefficient (Wildman–Crippen LogP) is 2.22. The van der Waals surface area contributed by atoms with Crippen molar-refractivity contribution in [1.82, 2.24) is 10.2 Å². The quantitative estimate of drug-likeness (QED) is 0.791. The van der Waals surface area contributed by atoms with E-state index in [2.05, 4.69) is 30.3 Å². The molecule has 1 amide bonds. The van der Waals surface area contributed by atoms with E-state index < -0.39 is 0 Å². The van der Waals surface area contributed by atoms with Gasteiger partial charge in [0.1, 0.15) is 0 Å². The van der Waals surface area contributed by atoms with Crippen LogP contribution in [0.2, 0.25) is 0 Å². The molecule has 0 radical (unpaired) electrons. The number of nitrogens with one attached hydrogen (secondary N) is 1. The van der Waals surface area contributed by atoms with E-state index in [0.29, 0.717) is 10.7 Å². The van der Waals surface area contributed by atoms with Crippen molar-refractivity contribution in [1.29, 1.82) is 0 Å². The summed E-state index contributed by atoms with van der Waals surface area (Å²) in [6.07, 6.45) is 8.03. The summed E-state index contributed by atoms with van der Waals surface area (Å²) in [5.41, 5.74) is 0. The molecule has 1 aliphatic carbocycles. The molecule has 0 aromatic rings. The van der Waals surface area contributed by atoms with Gasteiger partial charge < -0.3 is 4.90 Å². The Labute approximate surface area is 109 Å². The smallest absolute Gasteiger partial charge is 0.241 e. The second-order valence-corrected chi connectivity index (χ2v) is 6.56. The van der Waals surface area contributed by atoms with E-state index in [0.717, 1.165) is 25.8 Å². The minimum Gasteiger partial charge on any atom is -0.324 e. The second-order valence-electron chi connectivity index (χ2n) is 5.29. The van der Waals surface area contributed by atoms with Crippen LogP contribution in [-0.4, -0.2) is 40.6 Å². The highest BCUT2D eigenvalue weighted by molar-refractivity contribution is 8.00. The number of carbonyl (C=O) groups is 1. The van der Waals surface area contributed by atoms with E-state index >= 15 is 0 Å². The first-order chi connectivity index (χ1) is 8.15. The largest absolute Gasteiger partial charge is 0.324 e. The Morgan fingerprint density at radius 1 is 1.47 bits per heavy atom. The first-order valence-corrected chi connectivity index (χ1v) is 8.00. The van der Waals surface area contributed by atoms with Gasteiger partial charge in [0, 0.05) is 11.3 Å². The lowest BCUT2D eigenvalue weighted by Gasteiger charge is -2.27. The Morgan fingerprint density at radius 2 is 2.18 bits per heavy atom. The standard InChI is InChI=1S/C13H24N2OS/c1-4-6-10-12(16)15(11(5-2)14-10)9-13(17-3)7-8-13/h10-11,14H,4-9H2,1-3H3. The summed E-state index contributed by atoms with van der Waals surface area (Å²) in [6, 6.07) is 0.0719. The van der Waals surface area contributed by atoms with Gasteiger partial charge in [-0.25, -0.2) is 0 Å². The van der Waals surface area contributed by atoms with Crippen LogP contribution in [0, 0.1) is 0 Å². The monoisotopic (exact) mass is 256 g/mol. The van der Waals surface area contributed by atoms with Gasteiger partial charge in [-0.15, -0.1) is 0 Å². The molecule has 2 fully saturated rings. The minimum absolute atomic E-state index is 0.0719. The molecule has 1 saturated carbocycles. The van der Waals surface area contributed by atoms with Crippen LogP contribution in [0.5, 0.6) is 0 Å². The van der Waals surface area contributed by atoms with Crippen LogP contribution in [0.4, 0.5) is 0 Å². The van der Waals surface area contributed by atoms with Crippen molar-refractivity contribution < 1.29 is 4.79 Å². The third-order valence-electron chi connectivity index (χ3n) is 4.01. The lowest BCUT2D eigenvalue weighted by Crippen LogP contribution is -2.41. The van der Waals surface area contributed by atoms with Crippen LogP contribution in [0.25, 0.3) is 0 Å². The highest BCUT2D eigenvalue weighted by Crippen LogP contribution is 2.48. The molecule has 4 heteroatoms. The van der Waals surface area contributed by atoms with Gasteiger partial charge >= 0.3 is 0 Å². The summed E-state index contributed by atoms with van der Waals surface area (Å²) >= 11 is 1.93. The molecule has 2 rings (SSSR count). The van der Waals surface area contributed by atoms with E-state index in [1.807, 2.05) is 11.8 Å². The Morgan fingerprint density at radius 3 is 2.65 bits per heavy atom. The molecular formula is C13H24N2OS. The third kappa shape index (κ3) is 2.63. The van der Waals surface area contributed by atoms with Gasteiger partial charge in [-0.3, -0.25) is 10.1 Å². The van der Waals surface area contributed by atoms with Crippen LogP contribution < -0.4 is 5.32 Å². The number of carbonyl (C=O) groups excluding carboxylic acids is 1. The van der Waals surface area contributed by atoms with Gasteiger partial charge in [-0.1, -0.05) is 20.3 Å². The molecule has 0 spiro atoms. The maximum Gasteiger partial charge on any atom is 0.241 e. The summed E-state index contributed by atoms with van der Waals surface area (Å²) in [5, 5.41) is 3.48. The van der Waals surface area contributed by atoms with Gasteiger partial charge in [0.25, 0.3) is 0 Å². The molecule has 0 aromatic carbocycles. The first-order valence-electron chi connectivity index (χ1n) is 6.77. The number of rotatable bonds is 6. The molecule has 2 atom stereocenters. The summed E-state index contributed by atoms with van der Waals surface area (Å²) < 4.78 is 0.381. The highest BCUT2D eigenvalue weighted by Gasteiger charge is 2.48. The first kappa shape index (κ1) is 13.2. The van der Waals surface area contributed by atoms with E-state index in [4.69, 9.17) is 0 Å². The fourth-order valence-electron chi connectivity index (χ4n) is 2.65. The number of thioether (sulfide) groups is 1. The topological polar surface area (TPSA) is 32.3 Å². The third-order valence-corrected chi connectivity index (χ3v) is 5.42. The Hall–Kier alpha value is -0.220. The lowest BCUT2D eigenvalue weighted by molar-refractivity contribution is -0.130. The van der Waals surface area contributed by atoms with E-state index in [9.17, 15) is 4.79 Å². The van der Waals surface area contributed by atoms with Gasteiger partial charge in [-0.05, 0) is 31.9 Å². The van der Waals surface area contributed by atoms with Gasteiger partial charge in [0.2, 0.25) is 5.91 Å². The van der Waals surface area contributed by atoms with Crippen molar-refractivity contribution in [3.05, 3.63) is 0 Å². The molecule has 17 heavy (non-hydrogen) atoms. The summed E-state index contributed by atoms with van der Waals surface area (Å²) in [7, 11) is 0. The SMILES string of the molecule is CCCC1NC(CC)N(CC2(SC)CC2)C1=O. The van der Waals surface area contributed by atoms with Crippen molar-refractivity contribution in [2.75, 3.05) is 12.8 Å². The Kier molecular flexibility index (Phi) is 4.03. The zero-order valence-electron chi connectivity index (χ0n) is 11.2. The summed E-state index contributed by atoms with van der Waals surface area (Å²) in [6.45, 7) is 5.24. The van der Waals surface area contributed by atoms with Gasteiger partial charge in [-0.2, -0.15) is 11.8 Å². The average molecular weight is 256 g/mol. The average Bonchev–Trinajstić information content (AvgIpc) is 3.06. The van der Waals surface area contributed by atoms with Crippen molar-refractivity contribution in [2.24, 2.45) is 0 Å². The Balaban J connectivity index is 2.01. The summed E-state index contributed by atoms with van der Waals surface area (Å²) in [5.74, 6) is 0.332. The van der Waals surface area contributed by atoms with Crippen LogP contribution >= 0.6 is 11.8 Å². The molecule has 0 bridgehead atoms. The number of amides is 1.